The molecule has 1 fully saturated rings. The highest BCUT2D eigenvalue weighted by Crippen LogP contribution is 2.32. The highest BCUT2D eigenvalue weighted by molar-refractivity contribution is 8.05. The minimum Gasteiger partial charge on any atom is -0.485 e. The lowest BCUT2D eigenvalue weighted by molar-refractivity contribution is 0.113. The van der Waals surface area contributed by atoms with Crippen molar-refractivity contribution in [3.8, 4) is 0 Å². The molecule has 2 nitrogen and oxygen atoms in total. The average molecular weight is 190 g/mol. The molecule has 11 heavy (non-hydrogen) atoms. The maximum atomic E-state index is 5.37. The Morgan fingerprint density at radius 3 is 3.09 bits per heavy atom. The Morgan fingerprint density at radius 1 is 1.45 bits per heavy atom. The summed E-state index contributed by atoms with van der Waals surface area (Å²) in [7, 11) is 0. The summed E-state index contributed by atoms with van der Waals surface area (Å²) < 4.78 is 10.7. The summed E-state index contributed by atoms with van der Waals surface area (Å²) >= 11 is 3.69. The molecule has 2 unspecified atom stereocenters. The maximum Gasteiger partial charge on any atom is 0.161 e. The van der Waals surface area contributed by atoms with E-state index in [4.69, 9.17) is 9.47 Å². The molecule has 0 radical (unpaired) electrons. The molecule has 0 saturated carbocycles. The largest absolute Gasteiger partial charge is 0.485 e. The third-order valence-electron chi connectivity index (χ3n) is 1.63. The summed E-state index contributed by atoms with van der Waals surface area (Å²) in [5.74, 6) is 1.10. The molecule has 0 aromatic heterocycles. The molecule has 2 rings (SSSR count). The molecule has 0 aromatic carbocycles. The Bertz CT molecular complexity index is 147. The van der Waals surface area contributed by atoms with Crippen LogP contribution in [0.1, 0.15) is 0 Å². The number of hydrogen-bond donors (Lipinski definition) is 0. The van der Waals surface area contributed by atoms with Gasteiger partial charge in [0.25, 0.3) is 0 Å². The third-order valence-corrected chi connectivity index (χ3v) is 3.99. The molecule has 62 valence electrons. The number of ether oxygens (including phenoxy) is 2. The number of hydrogen-bond acceptors (Lipinski definition) is 4. The first-order valence-corrected chi connectivity index (χ1v) is 5.61. The van der Waals surface area contributed by atoms with Gasteiger partial charge in [-0.15, -0.1) is 11.8 Å². The average Bonchev–Trinajstić information content (AvgIpc) is 2.58. The van der Waals surface area contributed by atoms with Gasteiger partial charge in [0, 0.05) is 11.2 Å². The summed E-state index contributed by atoms with van der Waals surface area (Å²) in [6.07, 6.45) is 1.77. The summed E-state index contributed by atoms with van der Waals surface area (Å²) in [5, 5.41) is 2.52. The smallest absolute Gasteiger partial charge is 0.161 e. The molecule has 0 aromatic rings. The standard InChI is InChI=1S/C7H10O2S2/c1-3-10-6(5-8-1)7-9-2-4-11-7/h2,4,6-7H,1,3,5H2. The van der Waals surface area contributed by atoms with Gasteiger partial charge < -0.3 is 9.47 Å². The molecule has 0 spiro atoms. The van der Waals surface area contributed by atoms with Gasteiger partial charge in [-0.1, -0.05) is 11.8 Å². The van der Waals surface area contributed by atoms with Crippen LogP contribution in [0.25, 0.3) is 0 Å². The minimum atomic E-state index is 0.292. The van der Waals surface area contributed by atoms with E-state index >= 15 is 0 Å². The van der Waals surface area contributed by atoms with Crippen molar-refractivity contribution in [2.45, 2.75) is 10.7 Å². The summed E-state index contributed by atoms with van der Waals surface area (Å²) in [6, 6.07) is 0. The van der Waals surface area contributed by atoms with Crippen LogP contribution in [0.3, 0.4) is 0 Å². The van der Waals surface area contributed by atoms with E-state index in [0.29, 0.717) is 10.7 Å². The Labute approximate surface area is 74.7 Å². The molecular weight excluding hydrogens is 180 g/mol. The Kier molecular flexibility index (Phi) is 2.66. The second-order valence-corrected chi connectivity index (χ2v) is 4.75. The fourth-order valence-corrected chi connectivity index (χ4v) is 3.11. The second kappa shape index (κ2) is 3.74. The van der Waals surface area contributed by atoms with Crippen molar-refractivity contribution in [2.75, 3.05) is 19.0 Å². The maximum absolute atomic E-state index is 5.37. The topological polar surface area (TPSA) is 18.5 Å². The van der Waals surface area contributed by atoms with Crippen LogP contribution >= 0.6 is 23.5 Å². The van der Waals surface area contributed by atoms with Crippen LogP contribution in [0.5, 0.6) is 0 Å². The molecule has 2 aliphatic rings. The van der Waals surface area contributed by atoms with Gasteiger partial charge >= 0.3 is 0 Å². The van der Waals surface area contributed by atoms with Gasteiger partial charge in [-0.3, -0.25) is 0 Å². The van der Waals surface area contributed by atoms with Crippen LogP contribution in [-0.4, -0.2) is 29.7 Å². The second-order valence-electron chi connectivity index (χ2n) is 2.40. The van der Waals surface area contributed by atoms with Crippen molar-refractivity contribution in [3.05, 3.63) is 11.7 Å². The third kappa shape index (κ3) is 1.86. The lowest BCUT2D eigenvalue weighted by Crippen LogP contribution is -2.29. The molecule has 4 heteroatoms. The lowest BCUT2D eigenvalue weighted by atomic mass is 10.4. The zero-order valence-electron chi connectivity index (χ0n) is 6.06. The van der Waals surface area contributed by atoms with Crippen molar-refractivity contribution in [2.24, 2.45) is 0 Å². The van der Waals surface area contributed by atoms with Crippen LogP contribution in [0.4, 0.5) is 0 Å². The van der Waals surface area contributed by atoms with E-state index in [0.717, 1.165) is 19.0 Å². The molecule has 2 heterocycles. The van der Waals surface area contributed by atoms with Gasteiger partial charge in [0.15, 0.2) is 5.44 Å². The van der Waals surface area contributed by atoms with E-state index in [9.17, 15) is 0 Å². The number of thioether (sulfide) groups is 2. The highest BCUT2D eigenvalue weighted by Gasteiger charge is 2.27. The van der Waals surface area contributed by atoms with Gasteiger partial charge in [0.05, 0.1) is 24.7 Å². The van der Waals surface area contributed by atoms with Crippen molar-refractivity contribution in [3.63, 3.8) is 0 Å². The Morgan fingerprint density at radius 2 is 2.45 bits per heavy atom. The SMILES string of the molecule is C1=CSC(C2COCCS2)O1. The van der Waals surface area contributed by atoms with E-state index in [1.165, 1.54) is 0 Å². The fraction of sp³-hybridized carbons (Fsp3) is 0.714. The van der Waals surface area contributed by atoms with Crippen molar-refractivity contribution < 1.29 is 9.47 Å². The first-order chi connectivity index (χ1) is 5.47. The predicted octanol–water partition coefficient (Wildman–Crippen LogP) is 1.68. The zero-order chi connectivity index (χ0) is 7.52. The summed E-state index contributed by atoms with van der Waals surface area (Å²) in [5.41, 5.74) is 0.292. The molecule has 0 amide bonds. The first kappa shape index (κ1) is 7.83. The molecule has 2 aliphatic heterocycles. The van der Waals surface area contributed by atoms with Crippen molar-refractivity contribution in [1.29, 1.82) is 0 Å². The van der Waals surface area contributed by atoms with Crippen molar-refractivity contribution >= 4 is 23.5 Å². The fourth-order valence-electron chi connectivity index (χ4n) is 1.09. The lowest BCUT2D eigenvalue weighted by Gasteiger charge is -2.25. The first-order valence-electron chi connectivity index (χ1n) is 3.62. The molecular formula is C7H10O2S2. The Hall–Kier alpha value is 0.200. The van der Waals surface area contributed by atoms with E-state index in [1.54, 1.807) is 18.0 Å². The van der Waals surface area contributed by atoms with Gasteiger partial charge in [-0.05, 0) is 0 Å². The van der Waals surface area contributed by atoms with Crippen LogP contribution in [0, 0.1) is 0 Å². The zero-order valence-corrected chi connectivity index (χ0v) is 7.70. The van der Waals surface area contributed by atoms with Gasteiger partial charge in [0.2, 0.25) is 0 Å². The molecule has 1 saturated heterocycles. The van der Waals surface area contributed by atoms with E-state index in [2.05, 4.69) is 0 Å². The van der Waals surface area contributed by atoms with E-state index < -0.39 is 0 Å². The van der Waals surface area contributed by atoms with E-state index in [1.807, 2.05) is 17.2 Å². The number of rotatable bonds is 1. The van der Waals surface area contributed by atoms with Crippen LogP contribution < -0.4 is 0 Å². The molecule has 0 bridgehead atoms. The monoisotopic (exact) mass is 190 g/mol. The molecule has 2 atom stereocenters. The van der Waals surface area contributed by atoms with Gasteiger partial charge in [0.1, 0.15) is 0 Å². The quantitative estimate of drug-likeness (QED) is 0.626. The minimum absolute atomic E-state index is 0.292. The summed E-state index contributed by atoms with van der Waals surface area (Å²) in [4.78, 5) is 0. The van der Waals surface area contributed by atoms with Crippen LogP contribution in [0.15, 0.2) is 11.7 Å². The molecule has 0 aliphatic carbocycles. The normalized spacial score (nSPS) is 37.1. The highest BCUT2D eigenvalue weighted by atomic mass is 32.2. The van der Waals surface area contributed by atoms with Gasteiger partial charge in [-0.2, -0.15) is 0 Å². The Balaban J connectivity index is 1.83. The van der Waals surface area contributed by atoms with Crippen molar-refractivity contribution in [1.82, 2.24) is 0 Å². The molecule has 0 N–H and O–H groups in total. The predicted molar refractivity (Wildman–Crippen MR) is 48.7 cm³/mol. The van der Waals surface area contributed by atoms with E-state index in [-0.39, 0.29) is 0 Å². The summed E-state index contributed by atoms with van der Waals surface area (Å²) in [6.45, 7) is 1.73. The van der Waals surface area contributed by atoms with Crippen LogP contribution in [-0.2, 0) is 9.47 Å². The van der Waals surface area contributed by atoms with Gasteiger partial charge in [-0.25, -0.2) is 0 Å². The van der Waals surface area contributed by atoms with Crippen LogP contribution in [0.2, 0.25) is 0 Å².